The van der Waals surface area contributed by atoms with Crippen molar-refractivity contribution in [3.8, 4) is 0 Å². The highest BCUT2D eigenvalue weighted by atomic mass is 16.3. The highest BCUT2D eigenvalue weighted by Crippen LogP contribution is 2.16. The van der Waals surface area contributed by atoms with Gasteiger partial charge in [-0.2, -0.15) is 5.10 Å². The van der Waals surface area contributed by atoms with Gasteiger partial charge in [0.1, 0.15) is 5.82 Å². The van der Waals surface area contributed by atoms with Gasteiger partial charge in [-0.1, -0.05) is 25.1 Å². The van der Waals surface area contributed by atoms with E-state index in [1.807, 2.05) is 42.2 Å². The zero-order valence-electron chi connectivity index (χ0n) is 10.8. The maximum Gasteiger partial charge on any atom is 0.340 e. The number of rotatable bonds is 6. The molecular weight excluding hydrogens is 244 g/mol. The van der Waals surface area contributed by atoms with Gasteiger partial charge in [-0.05, 0) is 18.6 Å². The van der Waals surface area contributed by atoms with Crippen LogP contribution in [0.1, 0.15) is 19.2 Å². The van der Waals surface area contributed by atoms with E-state index in [2.05, 4.69) is 15.2 Å². The van der Waals surface area contributed by atoms with Crippen LogP contribution in [0.3, 0.4) is 0 Å². The van der Waals surface area contributed by atoms with E-state index in [4.69, 9.17) is 0 Å². The van der Waals surface area contributed by atoms with Crippen molar-refractivity contribution in [2.75, 3.05) is 11.4 Å². The van der Waals surface area contributed by atoms with Crippen LogP contribution in [0, 0.1) is 0 Å². The minimum Gasteiger partial charge on any atom is -0.391 e. The first-order valence-corrected chi connectivity index (χ1v) is 6.30. The number of aliphatic hydroxyl groups excluding tert-OH is 1. The van der Waals surface area contributed by atoms with Crippen LogP contribution in [-0.2, 0) is 6.54 Å². The van der Waals surface area contributed by atoms with E-state index in [0.29, 0.717) is 25.3 Å². The van der Waals surface area contributed by atoms with Crippen LogP contribution < -0.4 is 10.6 Å². The smallest absolute Gasteiger partial charge is 0.340 e. The average molecular weight is 262 g/mol. The lowest BCUT2D eigenvalue weighted by Gasteiger charge is -2.25. The number of benzene rings is 1. The Morgan fingerprint density at radius 2 is 2.11 bits per heavy atom. The Hall–Kier alpha value is -2.08. The minimum absolute atomic E-state index is 0.320. The van der Waals surface area contributed by atoms with Crippen LogP contribution in [0.5, 0.6) is 0 Å². The molecule has 0 saturated heterocycles. The standard InChI is InChI=1S/C13H18N4O2/c1-2-11(18)8-17(10-6-4-3-5-7-10)9-12-14-13(19)16-15-12/h3-7,11,18H,2,8-9H2,1H3,(H2,14,15,16,19). The third-order valence-corrected chi connectivity index (χ3v) is 2.91. The minimum atomic E-state index is -0.411. The molecule has 6 heteroatoms. The summed E-state index contributed by atoms with van der Waals surface area (Å²) in [5, 5.41) is 16.1. The summed E-state index contributed by atoms with van der Waals surface area (Å²) in [7, 11) is 0. The molecule has 2 rings (SSSR count). The molecule has 2 aromatic rings. The lowest BCUT2D eigenvalue weighted by atomic mass is 10.2. The van der Waals surface area contributed by atoms with Crippen molar-refractivity contribution in [3.05, 3.63) is 46.6 Å². The number of nitrogens with one attached hydrogen (secondary N) is 2. The van der Waals surface area contributed by atoms with Gasteiger partial charge in [-0.15, -0.1) is 0 Å². The number of aromatic amines is 2. The lowest BCUT2D eigenvalue weighted by molar-refractivity contribution is 0.175. The maximum absolute atomic E-state index is 11.0. The van der Waals surface area contributed by atoms with Gasteiger partial charge < -0.3 is 10.0 Å². The van der Waals surface area contributed by atoms with Gasteiger partial charge >= 0.3 is 5.69 Å². The van der Waals surface area contributed by atoms with Crippen LogP contribution in [0.25, 0.3) is 0 Å². The average Bonchev–Trinajstić information content (AvgIpc) is 2.84. The molecule has 102 valence electrons. The maximum atomic E-state index is 11.0. The van der Waals surface area contributed by atoms with Crippen molar-refractivity contribution in [2.24, 2.45) is 0 Å². The summed E-state index contributed by atoms with van der Waals surface area (Å²) in [4.78, 5) is 15.7. The molecule has 19 heavy (non-hydrogen) atoms. The van der Waals surface area contributed by atoms with E-state index < -0.39 is 6.10 Å². The van der Waals surface area contributed by atoms with Crippen molar-refractivity contribution in [1.29, 1.82) is 0 Å². The van der Waals surface area contributed by atoms with Gasteiger partial charge in [-0.3, -0.25) is 4.98 Å². The van der Waals surface area contributed by atoms with Crippen LogP contribution in [0.2, 0.25) is 0 Å². The molecule has 1 aromatic heterocycles. The summed E-state index contributed by atoms with van der Waals surface area (Å²) >= 11 is 0. The number of nitrogens with zero attached hydrogens (tertiary/aromatic N) is 2. The summed E-state index contributed by atoms with van der Waals surface area (Å²) in [5.41, 5.74) is 0.665. The first-order chi connectivity index (χ1) is 9.19. The van der Waals surface area contributed by atoms with Crippen molar-refractivity contribution < 1.29 is 5.11 Å². The molecule has 1 atom stereocenters. The Kier molecular flexibility index (Phi) is 4.35. The summed E-state index contributed by atoms with van der Waals surface area (Å²) in [6.07, 6.45) is 0.270. The molecule has 0 aliphatic heterocycles. The zero-order chi connectivity index (χ0) is 13.7. The quantitative estimate of drug-likeness (QED) is 0.721. The fourth-order valence-corrected chi connectivity index (χ4v) is 1.84. The van der Waals surface area contributed by atoms with Crippen LogP contribution in [0.15, 0.2) is 35.1 Å². The first kappa shape index (κ1) is 13.4. The number of para-hydroxylation sites is 1. The Morgan fingerprint density at radius 3 is 2.68 bits per heavy atom. The molecule has 3 N–H and O–H groups in total. The molecule has 0 aliphatic rings. The Balaban J connectivity index is 2.16. The van der Waals surface area contributed by atoms with Gasteiger partial charge in [0.2, 0.25) is 0 Å². The van der Waals surface area contributed by atoms with E-state index in [-0.39, 0.29) is 5.69 Å². The number of aromatic nitrogens is 3. The predicted molar refractivity (Wildman–Crippen MR) is 73.0 cm³/mol. The summed E-state index contributed by atoms with van der Waals surface area (Å²) in [5.74, 6) is 0.553. The molecule has 0 aliphatic carbocycles. The number of anilines is 1. The number of H-pyrrole nitrogens is 2. The second-order valence-corrected chi connectivity index (χ2v) is 4.40. The van der Waals surface area contributed by atoms with E-state index in [1.165, 1.54) is 0 Å². The number of hydrogen-bond acceptors (Lipinski definition) is 4. The number of aliphatic hydroxyl groups is 1. The lowest BCUT2D eigenvalue weighted by Crippen LogP contribution is -2.32. The molecular formula is C13H18N4O2. The summed E-state index contributed by atoms with van der Waals surface area (Å²) in [6.45, 7) is 2.87. The van der Waals surface area contributed by atoms with Crippen LogP contribution >= 0.6 is 0 Å². The Bertz CT molecular complexity index is 549. The van der Waals surface area contributed by atoms with Crippen molar-refractivity contribution >= 4 is 5.69 Å². The fraction of sp³-hybridized carbons (Fsp3) is 0.385. The molecule has 0 radical (unpaired) electrons. The normalized spacial score (nSPS) is 12.3. The molecule has 0 amide bonds. The molecule has 1 aromatic carbocycles. The van der Waals surface area contributed by atoms with Gasteiger partial charge in [0.15, 0.2) is 0 Å². The van der Waals surface area contributed by atoms with Gasteiger partial charge in [-0.25, -0.2) is 9.89 Å². The highest BCUT2D eigenvalue weighted by Gasteiger charge is 2.13. The van der Waals surface area contributed by atoms with Crippen LogP contribution in [-0.4, -0.2) is 32.9 Å². The molecule has 0 fully saturated rings. The molecule has 6 nitrogen and oxygen atoms in total. The van der Waals surface area contributed by atoms with Crippen LogP contribution in [0.4, 0.5) is 5.69 Å². The van der Waals surface area contributed by atoms with E-state index in [0.717, 1.165) is 5.69 Å². The molecule has 0 bridgehead atoms. The third-order valence-electron chi connectivity index (χ3n) is 2.91. The topological polar surface area (TPSA) is 85.0 Å². The largest absolute Gasteiger partial charge is 0.391 e. The predicted octanol–water partition coefficient (Wildman–Crippen LogP) is 0.875. The van der Waals surface area contributed by atoms with E-state index in [1.54, 1.807) is 0 Å². The molecule has 1 unspecified atom stereocenters. The van der Waals surface area contributed by atoms with Gasteiger partial charge in [0.25, 0.3) is 0 Å². The van der Waals surface area contributed by atoms with Crippen molar-refractivity contribution in [1.82, 2.24) is 15.2 Å². The Morgan fingerprint density at radius 1 is 1.37 bits per heavy atom. The highest BCUT2D eigenvalue weighted by molar-refractivity contribution is 5.46. The summed E-state index contributed by atoms with van der Waals surface area (Å²) in [6, 6.07) is 9.75. The van der Waals surface area contributed by atoms with Crippen molar-refractivity contribution in [3.63, 3.8) is 0 Å². The molecule has 1 heterocycles. The second kappa shape index (κ2) is 6.19. The van der Waals surface area contributed by atoms with E-state index in [9.17, 15) is 9.90 Å². The second-order valence-electron chi connectivity index (χ2n) is 4.40. The fourth-order valence-electron chi connectivity index (χ4n) is 1.84. The molecule has 0 spiro atoms. The van der Waals surface area contributed by atoms with E-state index >= 15 is 0 Å². The monoisotopic (exact) mass is 262 g/mol. The number of hydrogen-bond donors (Lipinski definition) is 3. The Labute approximate surface area is 111 Å². The third kappa shape index (κ3) is 3.69. The summed E-state index contributed by atoms with van der Waals surface area (Å²) < 4.78 is 0. The van der Waals surface area contributed by atoms with Crippen molar-refractivity contribution in [2.45, 2.75) is 26.0 Å². The van der Waals surface area contributed by atoms with Gasteiger partial charge in [0, 0.05) is 12.2 Å². The molecule has 0 saturated carbocycles. The van der Waals surface area contributed by atoms with Gasteiger partial charge in [0.05, 0.1) is 12.6 Å². The zero-order valence-corrected chi connectivity index (χ0v) is 10.8. The SMILES string of the molecule is CCC(O)CN(Cc1n[nH]c(=O)[nH]1)c1ccccc1. The first-order valence-electron chi connectivity index (χ1n) is 6.30.